The summed E-state index contributed by atoms with van der Waals surface area (Å²) < 4.78 is 10.6. The third kappa shape index (κ3) is 2.04. The first-order valence-electron chi connectivity index (χ1n) is 5.80. The first-order chi connectivity index (χ1) is 8.76. The van der Waals surface area contributed by atoms with Crippen molar-refractivity contribution in [3.8, 4) is 11.5 Å². The molecule has 0 aliphatic carbocycles. The molecule has 18 heavy (non-hydrogen) atoms. The smallest absolute Gasteiger partial charge is 0.231 e. The zero-order valence-electron chi connectivity index (χ0n) is 9.93. The van der Waals surface area contributed by atoms with Crippen LogP contribution in [0.25, 0.3) is 6.08 Å². The Bertz CT molecular complexity index is 572. The third-order valence-corrected chi connectivity index (χ3v) is 3.93. The molecule has 1 aromatic carbocycles. The van der Waals surface area contributed by atoms with Crippen LogP contribution < -0.4 is 9.47 Å². The van der Waals surface area contributed by atoms with Crippen molar-refractivity contribution in [3.63, 3.8) is 0 Å². The van der Waals surface area contributed by atoms with Gasteiger partial charge in [-0.15, -0.1) is 0 Å². The van der Waals surface area contributed by atoms with Crippen molar-refractivity contribution in [2.45, 2.75) is 13.3 Å². The first-order valence-corrected chi connectivity index (χ1v) is 6.62. The van der Waals surface area contributed by atoms with Gasteiger partial charge >= 0.3 is 0 Å². The van der Waals surface area contributed by atoms with Crippen molar-refractivity contribution in [3.05, 3.63) is 40.3 Å². The van der Waals surface area contributed by atoms with E-state index in [9.17, 15) is 4.79 Å². The summed E-state index contributed by atoms with van der Waals surface area (Å²) in [5, 5.41) is 0.115. The molecular formula is C14H12O3S. The van der Waals surface area contributed by atoms with Gasteiger partial charge in [-0.25, -0.2) is 0 Å². The fraction of sp³-hybridized carbons (Fsp3) is 0.214. The highest BCUT2D eigenvalue weighted by Crippen LogP contribution is 2.36. The number of thioether (sulfide) groups is 1. The lowest BCUT2D eigenvalue weighted by Gasteiger charge is -1.98. The number of allylic oxidation sites excluding steroid dienone is 2. The van der Waals surface area contributed by atoms with Gasteiger partial charge in [0.15, 0.2) is 11.5 Å². The Morgan fingerprint density at radius 2 is 2.17 bits per heavy atom. The van der Waals surface area contributed by atoms with E-state index in [0.717, 1.165) is 34.0 Å². The second-order valence-electron chi connectivity index (χ2n) is 4.07. The fourth-order valence-corrected chi connectivity index (χ4v) is 2.70. The van der Waals surface area contributed by atoms with Gasteiger partial charge in [0, 0.05) is 5.57 Å². The summed E-state index contributed by atoms with van der Waals surface area (Å²) >= 11 is 1.32. The van der Waals surface area contributed by atoms with E-state index in [0.29, 0.717) is 0 Å². The Morgan fingerprint density at radius 3 is 2.94 bits per heavy atom. The number of rotatable bonds is 2. The average molecular weight is 260 g/mol. The van der Waals surface area contributed by atoms with Gasteiger partial charge in [0.2, 0.25) is 11.9 Å². The van der Waals surface area contributed by atoms with Crippen LogP contribution in [0.1, 0.15) is 18.9 Å². The Balaban J connectivity index is 1.92. The molecule has 0 bridgehead atoms. The lowest BCUT2D eigenvalue weighted by Crippen LogP contribution is -1.92. The van der Waals surface area contributed by atoms with Crippen LogP contribution in [0.4, 0.5) is 0 Å². The van der Waals surface area contributed by atoms with E-state index in [1.807, 2.05) is 30.4 Å². The number of carbonyl (C=O) groups excluding carboxylic acids is 1. The van der Waals surface area contributed by atoms with E-state index in [1.165, 1.54) is 11.8 Å². The second kappa shape index (κ2) is 4.53. The predicted molar refractivity (Wildman–Crippen MR) is 71.5 cm³/mol. The summed E-state index contributed by atoms with van der Waals surface area (Å²) in [4.78, 5) is 12.9. The SMILES string of the molecule is CCC1=CC(=Cc2ccc3c(c2)OCO3)C(=O)S1. The lowest BCUT2D eigenvalue weighted by atomic mass is 10.1. The molecule has 2 heterocycles. The van der Waals surface area contributed by atoms with Crippen LogP contribution in [0.3, 0.4) is 0 Å². The highest BCUT2D eigenvalue weighted by atomic mass is 32.2. The second-order valence-corrected chi connectivity index (χ2v) is 5.17. The zero-order valence-corrected chi connectivity index (χ0v) is 10.8. The van der Waals surface area contributed by atoms with E-state index in [2.05, 4.69) is 6.92 Å². The fourth-order valence-electron chi connectivity index (χ4n) is 1.90. The van der Waals surface area contributed by atoms with Crippen LogP contribution in [0.2, 0.25) is 0 Å². The maximum Gasteiger partial charge on any atom is 0.231 e. The quantitative estimate of drug-likeness (QED) is 0.764. The molecule has 0 aromatic heterocycles. The Labute approximate surface area is 109 Å². The number of hydrogen-bond donors (Lipinski definition) is 0. The van der Waals surface area contributed by atoms with Crippen molar-refractivity contribution in [1.82, 2.24) is 0 Å². The van der Waals surface area contributed by atoms with Crippen LogP contribution in [0, 0.1) is 0 Å². The van der Waals surface area contributed by atoms with Crippen LogP contribution in [-0.4, -0.2) is 11.9 Å². The van der Waals surface area contributed by atoms with Crippen molar-refractivity contribution in [2.75, 3.05) is 6.79 Å². The maximum atomic E-state index is 11.8. The Kier molecular flexibility index (Phi) is 2.88. The minimum Gasteiger partial charge on any atom is -0.454 e. The van der Waals surface area contributed by atoms with E-state index >= 15 is 0 Å². The number of benzene rings is 1. The molecule has 0 spiro atoms. The Hall–Kier alpha value is -1.68. The van der Waals surface area contributed by atoms with Crippen LogP contribution in [0.5, 0.6) is 11.5 Å². The van der Waals surface area contributed by atoms with Crippen molar-refractivity contribution < 1.29 is 14.3 Å². The van der Waals surface area contributed by atoms with Gasteiger partial charge in [-0.2, -0.15) is 0 Å². The van der Waals surface area contributed by atoms with Gasteiger partial charge in [0.1, 0.15) is 0 Å². The molecule has 0 atom stereocenters. The summed E-state index contributed by atoms with van der Waals surface area (Å²) in [6.07, 6.45) is 4.74. The van der Waals surface area contributed by atoms with E-state index < -0.39 is 0 Å². The molecule has 0 N–H and O–H groups in total. The minimum absolute atomic E-state index is 0.115. The molecule has 0 fully saturated rings. The molecule has 0 saturated heterocycles. The highest BCUT2D eigenvalue weighted by molar-refractivity contribution is 8.17. The topological polar surface area (TPSA) is 35.5 Å². The van der Waals surface area contributed by atoms with Gasteiger partial charge in [-0.3, -0.25) is 4.79 Å². The average Bonchev–Trinajstić information content (AvgIpc) is 2.96. The largest absolute Gasteiger partial charge is 0.454 e. The summed E-state index contributed by atoms with van der Waals surface area (Å²) in [5.41, 5.74) is 1.70. The molecule has 3 rings (SSSR count). The molecule has 4 heteroatoms. The lowest BCUT2D eigenvalue weighted by molar-refractivity contribution is -0.107. The number of ether oxygens (including phenoxy) is 2. The molecule has 1 aromatic rings. The standard InChI is InChI=1S/C14H12O3S/c1-2-11-7-10(14(15)18-11)5-9-3-4-12-13(6-9)17-8-16-12/h3-7H,2,8H2,1H3. The van der Waals surface area contributed by atoms with Crippen LogP contribution in [-0.2, 0) is 4.79 Å². The zero-order chi connectivity index (χ0) is 12.5. The maximum absolute atomic E-state index is 11.8. The predicted octanol–water partition coefficient (Wildman–Crippen LogP) is 3.37. The third-order valence-electron chi connectivity index (χ3n) is 2.84. The van der Waals surface area contributed by atoms with Crippen molar-refractivity contribution >= 4 is 23.0 Å². The first kappa shape index (κ1) is 11.4. The minimum atomic E-state index is 0.115. The molecule has 92 valence electrons. The van der Waals surface area contributed by atoms with Crippen LogP contribution in [0.15, 0.2) is 34.8 Å². The van der Waals surface area contributed by atoms with Crippen molar-refractivity contribution in [2.24, 2.45) is 0 Å². The van der Waals surface area contributed by atoms with E-state index in [1.54, 1.807) is 0 Å². The summed E-state index contributed by atoms with van der Waals surface area (Å²) in [7, 11) is 0. The Morgan fingerprint density at radius 1 is 1.33 bits per heavy atom. The summed E-state index contributed by atoms with van der Waals surface area (Å²) in [6, 6.07) is 5.69. The molecule has 0 unspecified atom stereocenters. The van der Waals surface area contributed by atoms with Gasteiger partial charge in [0.05, 0.1) is 0 Å². The molecule has 0 saturated carbocycles. The highest BCUT2D eigenvalue weighted by Gasteiger charge is 2.19. The normalized spacial score (nSPS) is 19.5. The van der Waals surface area contributed by atoms with Gasteiger partial charge in [0.25, 0.3) is 0 Å². The van der Waals surface area contributed by atoms with Gasteiger partial charge < -0.3 is 9.47 Å². The summed E-state index contributed by atoms with van der Waals surface area (Å²) in [5.74, 6) is 1.50. The molecule has 0 radical (unpaired) electrons. The van der Waals surface area contributed by atoms with E-state index in [4.69, 9.17) is 9.47 Å². The monoisotopic (exact) mass is 260 g/mol. The summed E-state index contributed by atoms with van der Waals surface area (Å²) in [6.45, 7) is 2.32. The molecular weight excluding hydrogens is 248 g/mol. The molecule has 2 aliphatic rings. The van der Waals surface area contributed by atoms with Gasteiger partial charge in [-0.1, -0.05) is 24.8 Å². The number of carbonyl (C=O) groups is 1. The molecule has 0 amide bonds. The molecule has 3 nitrogen and oxygen atoms in total. The number of hydrogen-bond acceptors (Lipinski definition) is 4. The van der Waals surface area contributed by atoms with Gasteiger partial charge in [-0.05, 0) is 41.2 Å². The van der Waals surface area contributed by atoms with Crippen LogP contribution >= 0.6 is 11.8 Å². The molecule has 2 aliphatic heterocycles. The number of fused-ring (bicyclic) bond motifs is 1. The van der Waals surface area contributed by atoms with E-state index in [-0.39, 0.29) is 11.9 Å². The van der Waals surface area contributed by atoms with Crippen molar-refractivity contribution in [1.29, 1.82) is 0 Å².